The van der Waals surface area contributed by atoms with Crippen LogP contribution in [-0.4, -0.2) is 61.3 Å². The van der Waals surface area contributed by atoms with Gasteiger partial charge in [-0.2, -0.15) is 0 Å². The molecule has 0 fully saturated rings. The first kappa shape index (κ1) is 34.9. The van der Waals surface area contributed by atoms with Gasteiger partial charge < -0.3 is 35.8 Å². The van der Waals surface area contributed by atoms with Crippen LogP contribution in [0.5, 0.6) is 0 Å². The molecule has 0 spiro atoms. The molecule has 5 N–H and O–H groups in total. The quantitative estimate of drug-likeness (QED) is 0.224. The van der Waals surface area contributed by atoms with Crippen molar-refractivity contribution >= 4 is 41.4 Å². The molecule has 2 aromatic carbocycles. The maximum atomic E-state index is 11.7. The summed E-state index contributed by atoms with van der Waals surface area (Å²) >= 11 is 0. The van der Waals surface area contributed by atoms with E-state index in [9.17, 15) is 19.2 Å². The summed E-state index contributed by atoms with van der Waals surface area (Å²) in [5.41, 5.74) is 3.41. The first-order valence-electron chi connectivity index (χ1n) is 12.7. The monoisotopic (exact) mass is 546 g/mol. The number of rotatable bonds is 13. The van der Waals surface area contributed by atoms with E-state index in [1.807, 2.05) is 24.3 Å². The summed E-state index contributed by atoms with van der Waals surface area (Å²) < 4.78 is 4.96. The summed E-state index contributed by atoms with van der Waals surface area (Å²) in [5.74, 6) is -2.41. The molecule has 11 nitrogen and oxygen atoms in total. The third kappa shape index (κ3) is 16.4. The standard InChI is InChI=1S/C14H18N2O6.C11H16N2O.C3H8/c1-22-8-9-2-4-10(5-3-9)15-14(21)16-11(13(19)20)6-7-12(17)18;1-3-8-12-10-4-6-11(7-5-10)13(2)9-14;1-3-2/h2-5,11H,6-8H2,1H3,(H,17,18)(H,19,20)(H2,15,16,21);4-7,9,12H,3,8H2,1-2H3;3H2,1-2H3. The molecule has 0 heterocycles. The van der Waals surface area contributed by atoms with E-state index in [0.717, 1.165) is 36.3 Å². The van der Waals surface area contributed by atoms with Gasteiger partial charge in [0.15, 0.2) is 0 Å². The minimum absolute atomic E-state index is 0.190. The van der Waals surface area contributed by atoms with Crippen molar-refractivity contribution in [3.63, 3.8) is 0 Å². The highest BCUT2D eigenvalue weighted by Gasteiger charge is 2.20. The number of carboxylic acids is 2. The number of aliphatic carboxylic acids is 2. The zero-order chi connectivity index (χ0) is 29.6. The topological polar surface area (TPSA) is 157 Å². The molecule has 0 radical (unpaired) electrons. The average Bonchev–Trinajstić information content (AvgIpc) is 2.91. The second kappa shape index (κ2) is 20.9. The van der Waals surface area contributed by atoms with Gasteiger partial charge in [-0.25, -0.2) is 9.59 Å². The molecule has 0 saturated heterocycles. The van der Waals surface area contributed by atoms with Gasteiger partial charge in [0.2, 0.25) is 6.41 Å². The lowest BCUT2D eigenvalue weighted by molar-refractivity contribution is -0.140. The molecule has 0 aliphatic heterocycles. The van der Waals surface area contributed by atoms with Crippen molar-refractivity contribution in [3.8, 4) is 0 Å². The lowest BCUT2D eigenvalue weighted by atomic mass is 10.1. The van der Waals surface area contributed by atoms with Crippen LogP contribution in [0.25, 0.3) is 0 Å². The Labute approximate surface area is 230 Å². The van der Waals surface area contributed by atoms with Gasteiger partial charge in [0, 0.05) is 44.2 Å². The molecule has 1 unspecified atom stereocenters. The summed E-state index contributed by atoms with van der Waals surface area (Å²) in [5, 5.41) is 25.5. The molecule has 2 rings (SSSR count). The molecule has 216 valence electrons. The summed E-state index contributed by atoms with van der Waals surface area (Å²) in [7, 11) is 3.31. The predicted octanol–water partition coefficient (Wildman–Crippen LogP) is 4.79. The van der Waals surface area contributed by atoms with Crippen molar-refractivity contribution in [3.05, 3.63) is 54.1 Å². The zero-order valence-electron chi connectivity index (χ0n) is 23.4. The summed E-state index contributed by atoms with van der Waals surface area (Å²) in [4.78, 5) is 45.2. The first-order chi connectivity index (χ1) is 18.6. The number of carbonyl (C=O) groups excluding carboxylic acids is 2. The number of anilines is 3. The minimum Gasteiger partial charge on any atom is -0.481 e. The van der Waals surface area contributed by atoms with Crippen LogP contribution in [-0.2, 0) is 25.7 Å². The third-order valence-corrected chi connectivity index (χ3v) is 4.78. The van der Waals surface area contributed by atoms with E-state index in [1.54, 1.807) is 43.3 Å². The Hall–Kier alpha value is -4.12. The number of nitrogens with zero attached hydrogens (tertiary/aromatic N) is 1. The number of carbonyl (C=O) groups is 4. The van der Waals surface area contributed by atoms with E-state index in [2.05, 4.69) is 36.7 Å². The number of carboxylic acid groups (broad SMARTS) is 2. The largest absolute Gasteiger partial charge is 0.481 e. The first-order valence-corrected chi connectivity index (χ1v) is 12.7. The van der Waals surface area contributed by atoms with Gasteiger partial charge in [0.05, 0.1) is 6.61 Å². The van der Waals surface area contributed by atoms with E-state index in [1.165, 1.54) is 6.42 Å². The van der Waals surface area contributed by atoms with Gasteiger partial charge in [-0.3, -0.25) is 9.59 Å². The molecular weight excluding hydrogens is 504 g/mol. The Morgan fingerprint density at radius 1 is 0.974 bits per heavy atom. The maximum Gasteiger partial charge on any atom is 0.326 e. The van der Waals surface area contributed by atoms with Crippen molar-refractivity contribution in [2.24, 2.45) is 0 Å². The minimum atomic E-state index is -1.29. The number of nitrogens with one attached hydrogen (secondary N) is 3. The molecular formula is C28H42N4O7. The smallest absolute Gasteiger partial charge is 0.326 e. The van der Waals surface area contributed by atoms with Gasteiger partial charge >= 0.3 is 18.0 Å². The molecule has 11 heteroatoms. The predicted molar refractivity (Wildman–Crippen MR) is 153 cm³/mol. The van der Waals surface area contributed by atoms with Crippen LogP contribution in [0, 0.1) is 0 Å². The van der Waals surface area contributed by atoms with Crippen LogP contribution in [0.1, 0.15) is 52.0 Å². The fourth-order valence-electron chi connectivity index (χ4n) is 2.85. The molecule has 0 saturated carbocycles. The van der Waals surface area contributed by atoms with Crippen molar-refractivity contribution < 1.29 is 34.1 Å². The molecule has 0 bridgehead atoms. The van der Waals surface area contributed by atoms with Gasteiger partial charge in [-0.1, -0.05) is 39.3 Å². The summed E-state index contributed by atoms with van der Waals surface area (Å²) in [6.07, 6.45) is 2.62. The molecule has 0 aromatic heterocycles. The number of urea groups is 1. The van der Waals surface area contributed by atoms with E-state index in [4.69, 9.17) is 14.9 Å². The Kier molecular flexibility index (Phi) is 18.7. The second-order valence-electron chi connectivity index (χ2n) is 8.45. The van der Waals surface area contributed by atoms with Crippen molar-refractivity contribution in [2.45, 2.75) is 59.1 Å². The van der Waals surface area contributed by atoms with Crippen LogP contribution in [0.3, 0.4) is 0 Å². The van der Waals surface area contributed by atoms with E-state index >= 15 is 0 Å². The van der Waals surface area contributed by atoms with Crippen LogP contribution < -0.4 is 20.9 Å². The van der Waals surface area contributed by atoms with Crippen LogP contribution in [0.15, 0.2) is 48.5 Å². The van der Waals surface area contributed by atoms with E-state index < -0.39 is 24.0 Å². The third-order valence-electron chi connectivity index (χ3n) is 4.78. The lowest BCUT2D eigenvalue weighted by Crippen LogP contribution is -2.43. The highest BCUT2D eigenvalue weighted by atomic mass is 16.5. The fourth-order valence-corrected chi connectivity index (χ4v) is 2.85. The van der Waals surface area contributed by atoms with Gasteiger partial charge in [0.1, 0.15) is 6.04 Å². The van der Waals surface area contributed by atoms with Crippen LogP contribution in [0.2, 0.25) is 0 Å². The highest BCUT2D eigenvalue weighted by Crippen LogP contribution is 2.15. The average molecular weight is 547 g/mol. The maximum absolute atomic E-state index is 11.7. The molecule has 1 atom stereocenters. The highest BCUT2D eigenvalue weighted by molar-refractivity contribution is 5.92. The Morgan fingerprint density at radius 2 is 1.54 bits per heavy atom. The number of amides is 3. The van der Waals surface area contributed by atoms with Crippen molar-refractivity contribution in [1.82, 2.24) is 5.32 Å². The van der Waals surface area contributed by atoms with Crippen molar-refractivity contribution in [2.75, 3.05) is 36.2 Å². The van der Waals surface area contributed by atoms with Gasteiger partial charge in [-0.05, 0) is 54.8 Å². The molecule has 0 aliphatic carbocycles. The Balaban J connectivity index is 0.000000726. The number of benzene rings is 2. The molecule has 39 heavy (non-hydrogen) atoms. The summed E-state index contributed by atoms with van der Waals surface area (Å²) in [6.45, 7) is 7.80. The number of hydrogen-bond acceptors (Lipinski definition) is 6. The number of ether oxygens (including phenoxy) is 1. The van der Waals surface area contributed by atoms with E-state index in [0.29, 0.717) is 12.3 Å². The SMILES string of the molecule is CCC.CCCNc1ccc(N(C)C=O)cc1.COCc1ccc(NC(=O)NC(CCC(=O)O)C(=O)O)cc1. The van der Waals surface area contributed by atoms with Gasteiger partial charge in [-0.15, -0.1) is 0 Å². The second-order valence-corrected chi connectivity index (χ2v) is 8.45. The van der Waals surface area contributed by atoms with Gasteiger partial charge in [0.25, 0.3) is 0 Å². The fraction of sp³-hybridized carbons (Fsp3) is 0.429. The number of methoxy groups -OCH3 is 1. The Bertz CT molecular complexity index is 982. The molecule has 3 amide bonds. The molecule has 0 aliphatic rings. The van der Waals surface area contributed by atoms with Crippen LogP contribution >= 0.6 is 0 Å². The Morgan fingerprint density at radius 3 is 2.00 bits per heavy atom. The number of hydrogen-bond donors (Lipinski definition) is 5. The van der Waals surface area contributed by atoms with Crippen LogP contribution in [0.4, 0.5) is 21.9 Å². The summed E-state index contributed by atoms with van der Waals surface area (Å²) in [6, 6.07) is 12.7. The normalized spacial score (nSPS) is 10.4. The van der Waals surface area contributed by atoms with Crippen molar-refractivity contribution in [1.29, 1.82) is 0 Å². The zero-order valence-corrected chi connectivity index (χ0v) is 23.4. The van der Waals surface area contributed by atoms with E-state index in [-0.39, 0.29) is 12.8 Å². The molecule has 2 aromatic rings. The lowest BCUT2D eigenvalue weighted by Gasteiger charge is -2.14.